The Bertz CT molecular complexity index is 444. The minimum Gasteiger partial charge on any atom is -0.381 e. The van der Waals surface area contributed by atoms with Crippen LogP contribution in [0.15, 0.2) is 0 Å². The maximum Gasteiger partial charge on any atom is 0.113 e. The van der Waals surface area contributed by atoms with E-state index in [9.17, 15) is 0 Å². The van der Waals surface area contributed by atoms with Gasteiger partial charge in [0.2, 0.25) is 0 Å². The van der Waals surface area contributed by atoms with E-state index in [4.69, 9.17) is 28.4 Å². The molecule has 2 aliphatic rings. The summed E-state index contributed by atoms with van der Waals surface area (Å²) in [5, 5.41) is 0. The molecule has 0 spiro atoms. The van der Waals surface area contributed by atoms with Gasteiger partial charge < -0.3 is 28.4 Å². The molecule has 190 valence electrons. The maximum absolute atomic E-state index is 6.50. The van der Waals surface area contributed by atoms with Gasteiger partial charge in [0.05, 0.1) is 32.0 Å². The van der Waals surface area contributed by atoms with E-state index in [1.807, 2.05) is 0 Å². The van der Waals surface area contributed by atoms with E-state index in [1.165, 1.54) is 0 Å². The fourth-order valence-electron chi connectivity index (χ4n) is 4.15. The predicted molar refractivity (Wildman–Crippen MR) is 127 cm³/mol. The van der Waals surface area contributed by atoms with Gasteiger partial charge in [-0.15, -0.1) is 0 Å². The summed E-state index contributed by atoms with van der Waals surface area (Å²) in [5.41, 5.74) is 0. The van der Waals surface area contributed by atoms with Gasteiger partial charge in [0.1, 0.15) is 18.3 Å². The Morgan fingerprint density at radius 3 is 1.72 bits per heavy atom. The van der Waals surface area contributed by atoms with Crippen LogP contribution in [0.5, 0.6) is 0 Å². The Labute approximate surface area is 197 Å². The molecule has 1 saturated carbocycles. The lowest BCUT2D eigenvalue weighted by Gasteiger charge is -2.46. The van der Waals surface area contributed by atoms with Crippen molar-refractivity contribution in [2.75, 3.05) is 46.2 Å². The van der Waals surface area contributed by atoms with E-state index in [0.717, 1.165) is 90.8 Å². The van der Waals surface area contributed by atoms with E-state index >= 15 is 0 Å². The topological polar surface area (TPSA) is 58.7 Å². The van der Waals surface area contributed by atoms with Crippen LogP contribution in [0.2, 0.25) is 0 Å². The molecular weight excluding hydrogens is 408 g/mol. The number of ether oxygens (including phenoxy) is 6. The quantitative estimate of drug-likeness (QED) is 0.185. The first kappa shape index (κ1) is 28.0. The molecule has 0 radical (unpaired) electrons. The van der Waals surface area contributed by atoms with Crippen molar-refractivity contribution in [3.8, 4) is 0 Å². The van der Waals surface area contributed by atoms with Crippen molar-refractivity contribution in [3.63, 3.8) is 0 Å². The van der Waals surface area contributed by atoms with Crippen LogP contribution >= 0.6 is 0 Å². The lowest BCUT2D eigenvalue weighted by Crippen LogP contribution is -2.58. The molecule has 0 bridgehead atoms. The highest BCUT2D eigenvalue weighted by Gasteiger charge is 2.48. The normalized spacial score (nSPS) is 30.0. The molecule has 0 aromatic carbocycles. The van der Waals surface area contributed by atoms with Crippen molar-refractivity contribution in [1.29, 1.82) is 0 Å². The third-order valence-corrected chi connectivity index (χ3v) is 6.31. The van der Waals surface area contributed by atoms with Gasteiger partial charge in [0.25, 0.3) is 0 Å². The molecule has 1 heterocycles. The van der Waals surface area contributed by atoms with E-state index < -0.39 is 0 Å². The summed E-state index contributed by atoms with van der Waals surface area (Å²) in [5.74, 6) is 0.242. The molecule has 0 amide bonds. The summed E-state index contributed by atoms with van der Waals surface area (Å²) in [4.78, 5) is 0. The Balaban J connectivity index is 2.15. The van der Waals surface area contributed by atoms with Crippen molar-refractivity contribution >= 4 is 0 Å². The number of hydrogen-bond acceptors (Lipinski definition) is 6. The second-order valence-electron chi connectivity index (χ2n) is 9.32. The second-order valence-corrected chi connectivity index (χ2v) is 9.32. The van der Waals surface area contributed by atoms with Gasteiger partial charge in [-0.05, 0) is 32.1 Å². The van der Waals surface area contributed by atoms with Crippen molar-refractivity contribution in [2.45, 2.75) is 116 Å². The van der Waals surface area contributed by atoms with Gasteiger partial charge in [-0.3, -0.25) is 0 Å². The van der Waals surface area contributed by atoms with E-state index in [-0.39, 0.29) is 36.4 Å². The number of epoxide rings is 1. The highest BCUT2D eigenvalue weighted by atomic mass is 16.6. The zero-order chi connectivity index (χ0) is 23.0. The van der Waals surface area contributed by atoms with E-state index in [2.05, 4.69) is 27.7 Å². The van der Waals surface area contributed by atoms with Gasteiger partial charge in [-0.2, -0.15) is 0 Å². The molecule has 32 heavy (non-hydrogen) atoms. The lowest BCUT2D eigenvalue weighted by atomic mass is 9.80. The SMILES string of the molecule is CCCCOCC1CC(OC[C@H]2CO2)C(OCCCC)C(OCCCC)C1OCCCC. The van der Waals surface area contributed by atoms with Crippen molar-refractivity contribution < 1.29 is 28.4 Å². The molecule has 5 unspecified atom stereocenters. The molecule has 1 aliphatic heterocycles. The van der Waals surface area contributed by atoms with Crippen LogP contribution in [-0.4, -0.2) is 76.8 Å². The standard InChI is InChI=1S/C26H50O6/c1-5-9-13-27-18-21-17-23(32-20-22-19-31-22)25(29-15-11-7-3)26(30-16-12-8-4)24(21)28-14-10-6-2/h21-26H,5-20H2,1-4H3/t21?,22-,23?,24?,25?,26?/m1/s1. The van der Waals surface area contributed by atoms with Crippen LogP contribution < -0.4 is 0 Å². The summed E-state index contributed by atoms with van der Waals surface area (Å²) >= 11 is 0. The molecule has 1 saturated heterocycles. The van der Waals surface area contributed by atoms with Gasteiger partial charge >= 0.3 is 0 Å². The predicted octanol–water partition coefficient (Wildman–Crippen LogP) is 5.16. The average Bonchev–Trinajstić information content (AvgIpc) is 3.62. The van der Waals surface area contributed by atoms with Gasteiger partial charge in [0.15, 0.2) is 0 Å². The molecule has 0 aromatic rings. The maximum atomic E-state index is 6.50. The molecule has 6 atom stereocenters. The minimum atomic E-state index is -0.131. The molecule has 2 fully saturated rings. The molecule has 1 aliphatic carbocycles. The Hall–Kier alpha value is -0.240. The van der Waals surface area contributed by atoms with Crippen LogP contribution in [0, 0.1) is 5.92 Å². The first-order valence-corrected chi connectivity index (χ1v) is 13.4. The second kappa shape index (κ2) is 17.2. The Morgan fingerprint density at radius 1 is 0.625 bits per heavy atom. The third-order valence-electron chi connectivity index (χ3n) is 6.31. The number of hydrogen-bond donors (Lipinski definition) is 0. The molecule has 0 aromatic heterocycles. The van der Waals surface area contributed by atoms with Crippen LogP contribution in [0.25, 0.3) is 0 Å². The molecular formula is C26H50O6. The number of unbranched alkanes of at least 4 members (excludes halogenated alkanes) is 4. The van der Waals surface area contributed by atoms with Gasteiger partial charge in [-0.1, -0.05) is 53.4 Å². The molecule has 0 N–H and O–H groups in total. The summed E-state index contributed by atoms with van der Waals surface area (Å²) in [7, 11) is 0. The zero-order valence-corrected chi connectivity index (χ0v) is 21.2. The van der Waals surface area contributed by atoms with Crippen LogP contribution in [0.4, 0.5) is 0 Å². The Morgan fingerprint density at radius 2 is 1.16 bits per heavy atom. The number of rotatable bonds is 20. The van der Waals surface area contributed by atoms with Crippen LogP contribution in [0.1, 0.15) is 85.5 Å². The van der Waals surface area contributed by atoms with Crippen LogP contribution in [0.3, 0.4) is 0 Å². The largest absolute Gasteiger partial charge is 0.381 e. The summed E-state index contributed by atoms with van der Waals surface area (Å²) in [6, 6.07) is 0. The fourth-order valence-corrected chi connectivity index (χ4v) is 4.15. The monoisotopic (exact) mass is 458 g/mol. The van der Waals surface area contributed by atoms with Gasteiger partial charge in [0, 0.05) is 32.3 Å². The highest BCUT2D eigenvalue weighted by molar-refractivity contribution is 4.97. The van der Waals surface area contributed by atoms with Crippen LogP contribution in [-0.2, 0) is 28.4 Å². The van der Waals surface area contributed by atoms with Crippen molar-refractivity contribution in [2.24, 2.45) is 5.92 Å². The molecule has 2 rings (SSSR count). The van der Waals surface area contributed by atoms with E-state index in [0.29, 0.717) is 13.2 Å². The minimum absolute atomic E-state index is 0.0199. The van der Waals surface area contributed by atoms with Gasteiger partial charge in [-0.25, -0.2) is 0 Å². The Kier molecular flexibility index (Phi) is 15.1. The first-order valence-electron chi connectivity index (χ1n) is 13.4. The lowest BCUT2D eigenvalue weighted by molar-refractivity contribution is -0.225. The summed E-state index contributed by atoms with van der Waals surface area (Å²) in [6.45, 7) is 13.9. The fraction of sp³-hybridized carbons (Fsp3) is 1.00. The molecule has 6 heteroatoms. The van der Waals surface area contributed by atoms with Crippen molar-refractivity contribution in [1.82, 2.24) is 0 Å². The summed E-state index contributed by atoms with van der Waals surface area (Å²) < 4.78 is 37.3. The highest BCUT2D eigenvalue weighted by Crippen LogP contribution is 2.35. The zero-order valence-electron chi connectivity index (χ0n) is 21.2. The smallest absolute Gasteiger partial charge is 0.113 e. The summed E-state index contributed by atoms with van der Waals surface area (Å²) in [6.07, 6.45) is 9.54. The average molecular weight is 459 g/mol. The third kappa shape index (κ3) is 10.4. The van der Waals surface area contributed by atoms with E-state index in [1.54, 1.807) is 0 Å². The molecule has 6 nitrogen and oxygen atoms in total. The van der Waals surface area contributed by atoms with Crippen molar-refractivity contribution in [3.05, 3.63) is 0 Å². The first-order chi connectivity index (χ1) is 15.7.